The van der Waals surface area contributed by atoms with Gasteiger partial charge in [0.15, 0.2) is 0 Å². The lowest BCUT2D eigenvalue weighted by molar-refractivity contribution is 0.253. The van der Waals surface area contributed by atoms with Crippen LogP contribution in [0, 0.1) is 0 Å². The summed E-state index contributed by atoms with van der Waals surface area (Å²) in [6.45, 7) is 10.4. The van der Waals surface area contributed by atoms with Crippen molar-refractivity contribution in [1.29, 1.82) is 0 Å². The summed E-state index contributed by atoms with van der Waals surface area (Å²) in [5.41, 5.74) is 1.39. The van der Waals surface area contributed by atoms with Crippen molar-refractivity contribution in [2.45, 2.75) is 70.7 Å². The topological polar surface area (TPSA) is 27.3 Å². The lowest BCUT2D eigenvalue weighted by Crippen LogP contribution is -2.50. The molecule has 0 heterocycles. The first-order valence-electron chi connectivity index (χ1n) is 8.62. The normalized spacial score (nSPS) is 20.4. The molecule has 3 atom stereocenters. The quantitative estimate of drug-likeness (QED) is 0.452. The molecule has 1 saturated carbocycles. The predicted molar refractivity (Wildman–Crippen MR) is 98.0 cm³/mol. The van der Waals surface area contributed by atoms with Crippen LogP contribution >= 0.6 is 0 Å². The van der Waals surface area contributed by atoms with Crippen molar-refractivity contribution in [3.8, 4) is 0 Å². The molecule has 0 aromatic heterocycles. The van der Waals surface area contributed by atoms with Crippen LogP contribution in [0.5, 0.6) is 0 Å². The number of rotatable bonds is 11. The van der Waals surface area contributed by atoms with Gasteiger partial charge in [0.2, 0.25) is 0 Å². The molecule has 2 N–H and O–H groups in total. The van der Waals surface area contributed by atoms with Crippen LogP contribution in [0.4, 0.5) is 0 Å². The number of allylic oxidation sites excluding steroid dienone is 4. The standard InChI is InChI=1S/C19H35N3/c1-7-9-10-11-15(3)18(22(5)6)14-19(20-16(4)8-2)21-17-12-13-17/h7,9-11,16-21H,1,8,12-14H2,2-6H3/b10-9-,15-11+. The second-order valence-corrected chi connectivity index (χ2v) is 6.72. The molecule has 0 aliphatic heterocycles. The van der Waals surface area contributed by atoms with Crippen molar-refractivity contribution < 1.29 is 0 Å². The van der Waals surface area contributed by atoms with Crippen molar-refractivity contribution in [3.63, 3.8) is 0 Å². The third-order valence-electron chi connectivity index (χ3n) is 4.33. The minimum atomic E-state index is 0.376. The van der Waals surface area contributed by atoms with E-state index in [-0.39, 0.29) is 0 Å². The van der Waals surface area contributed by atoms with E-state index in [1.54, 1.807) is 0 Å². The fraction of sp³-hybridized carbons (Fsp3) is 0.684. The molecule has 0 radical (unpaired) electrons. The molecule has 3 unspecified atom stereocenters. The summed E-state index contributed by atoms with van der Waals surface area (Å²) in [6, 6.07) is 1.69. The molecule has 1 fully saturated rings. The maximum atomic E-state index is 3.76. The van der Waals surface area contributed by atoms with Gasteiger partial charge in [-0.05, 0) is 53.6 Å². The summed E-state index contributed by atoms with van der Waals surface area (Å²) in [7, 11) is 4.33. The van der Waals surface area contributed by atoms with Gasteiger partial charge in [0.25, 0.3) is 0 Å². The van der Waals surface area contributed by atoms with Crippen LogP contribution < -0.4 is 10.6 Å². The zero-order valence-electron chi connectivity index (χ0n) is 15.1. The number of nitrogens with zero attached hydrogens (tertiary/aromatic N) is 1. The molecule has 1 rings (SSSR count). The highest BCUT2D eigenvalue weighted by Gasteiger charge is 2.27. The Bertz CT molecular complexity index is 380. The van der Waals surface area contributed by atoms with Crippen LogP contribution in [-0.4, -0.2) is 43.3 Å². The highest BCUT2D eigenvalue weighted by molar-refractivity contribution is 5.18. The lowest BCUT2D eigenvalue weighted by Gasteiger charge is -2.32. The highest BCUT2D eigenvalue weighted by atomic mass is 15.2. The fourth-order valence-corrected chi connectivity index (χ4v) is 2.60. The van der Waals surface area contributed by atoms with E-state index < -0.39 is 0 Å². The zero-order valence-corrected chi connectivity index (χ0v) is 15.1. The molecule has 1 aliphatic rings. The number of hydrogen-bond donors (Lipinski definition) is 2. The average molecular weight is 306 g/mol. The van der Waals surface area contributed by atoms with E-state index in [0.717, 1.165) is 12.8 Å². The second-order valence-electron chi connectivity index (χ2n) is 6.72. The van der Waals surface area contributed by atoms with Gasteiger partial charge in [-0.15, -0.1) is 0 Å². The summed E-state index contributed by atoms with van der Waals surface area (Å²) in [6.07, 6.45) is 13.3. The molecule has 0 amide bonds. The SMILES string of the molecule is C=C/C=C\C=C(/C)C(CC(NC(C)CC)NC1CC1)N(C)C. The Morgan fingerprint density at radius 3 is 2.50 bits per heavy atom. The van der Waals surface area contributed by atoms with Crippen molar-refractivity contribution in [1.82, 2.24) is 15.5 Å². The summed E-state index contributed by atoms with van der Waals surface area (Å²) in [4.78, 5) is 2.31. The highest BCUT2D eigenvalue weighted by Crippen LogP contribution is 2.21. The van der Waals surface area contributed by atoms with E-state index in [0.29, 0.717) is 24.3 Å². The van der Waals surface area contributed by atoms with Gasteiger partial charge in [0.05, 0.1) is 6.17 Å². The van der Waals surface area contributed by atoms with Crippen molar-refractivity contribution in [2.75, 3.05) is 14.1 Å². The van der Waals surface area contributed by atoms with E-state index in [1.165, 1.54) is 18.4 Å². The molecule has 3 nitrogen and oxygen atoms in total. The molecular weight excluding hydrogens is 270 g/mol. The van der Waals surface area contributed by atoms with Gasteiger partial charge in [0.1, 0.15) is 0 Å². The fourth-order valence-electron chi connectivity index (χ4n) is 2.60. The van der Waals surface area contributed by atoms with Gasteiger partial charge in [0, 0.05) is 18.1 Å². The third-order valence-corrected chi connectivity index (χ3v) is 4.33. The number of nitrogens with one attached hydrogen (secondary N) is 2. The lowest BCUT2D eigenvalue weighted by atomic mass is 10.0. The molecule has 0 aromatic rings. The number of likely N-dealkylation sites (N-methyl/N-ethyl adjacent to an activating group) is 1. The summed E-state index contributed by atoms with van der Waals surface area (Å²) in [5, 5.41) is 7.51. The van der Waals surface area contributed by atoms with E-state index in [9.17, 15) is 0 Å². The van der Waals surface area contributed by atoms with Gasteiger partial charge in [-0.25, -0.2) is 0 Å². The molecule has 0 aromatic carbocycles. The molecule has 3 heteroatoms. The number of hydrogen-bond acceptors (Lipinski definition) is 3. The second kappa shape index (κ2) is 9.98. The first kappa shape index (κ1) is 19.1. The molecule has 0 spiro atoms. The Balaban J connectivity index is 2.71. The van der Waals surface area contributed by atoms with E-state index in [4.69, 9.17) is 0 Å². The van der Waals surface area contributed by atoms with Crippen LogP contribution in [0.25, 0.3) is 0 Å². The molecular formula is C19H35N3. The van der Waals surface area contributed by atoms with Crippen LogP contribution in [-0.2, 0) is 0 Å². The molecule has 126 valence electrons. The van der Waals surface area contributed by atoms with Crippen LogP contribution in [0.3, 0.4) is 0 Å². The van der Waals surface area contributed by atoms with Crippen LogP contribution in [0.1, 0.15) is 46.5 Å². The largest absolute Gasteiger partial charge is 0.303 e. The third kappa shape index (κ3) is 7.39. The Morgan fingerprint density at radius 1 is 1.32 bits per heavy atom. The molecule has 22 heavy (non-hydrogen) atoms. The maximum absolute atomic E-state index is 3.76. The summed E-state index contributed by atoms with van der Waals surface area (Å²) >= 11 is 0. The van der Waals surface area contributed by atoms with Gasteiger partial charge in [-0.1, -0.05) is 43.4 Å². The predicted octanol–water partition coefficient (Wildman–Crippen LogP) is 3.46. The smallest absolute Gasteiger partial charge is 0.0594 e. The van der Waals surface area contributed by atoms with Crippen molar-refractivity contribution >= 4 is 0 Å². The van der Waals surface area contributed by atoms with E-state index in [1.807, 2.05) is 12.2 Å². The average Bonchev–Trinajstić information content (AvgIpc) is 3.28. The minimum Gasteiger partial charge on any atom is -0.303 e. The molecule has 1 aliphatic carbocycles. The van der Waals surface area contributed by atoms with Crippen LogP contribution in [0.2, 0.25) is 0 Å². The first-order valence-corrected chi connectivity index (χ1v) is 8.62. The molecule has 0 bridgehead atoms. The van der Waals surface area contributed by atoms with Gasteiger partial charge < -0.3 is 4.90 Å². The maximum Gasteiger partial charge on any atom is 0.0594 e. The van der Waals surface area contributed by atoms with Gasteiger partial charge in [-0.2, -0.15) is 0 Å². The van der Waals surface area contributed by atoms with Crippen LogP contribution in [0.15, 0.2) is 36.5 Å². The summed E-state index contributed by atoms with van der Waals surface area (Å²) in [5.74, 6) is 0. The van der Waals surface area contributed by atoms with Crippen molar-refractivity contribution in [2.24, 2.45) is 0 Å². The zero-order chi connectivity index (χ0) is 16.5. The first-order chi connectivity index (χ1) is 10.5. The Labute approximate surface area is 137 Å². The minimum absolute atomic E-state index is 0.376. The Kier molecular flexibility index (Phi) is 8.69. The summed E-state index contributed by atoms with van der Waals surface area (Å²) < 4.78 is 0. The molecule has 0 saturated heterocycles. The van der Waals surface area contributed by atoms with E-state index >= 15 is 0 Å². The monoisotopic (exact) mass is 305 g/mol. The van der Waals surface area contributed by atoms with E-state index in [2.05, 4.69) is 69.1 Å². The van der Waals surface area contributed by atoms with Gasteiger partial charge >= 0.3 is 0 Å². The van der Waals surface area contributed by atoms with Gasteiger partial charge in [-0.3, -0.25) is 10.6 Å². The van der Waals surface area contributed by atoms with Crippen molar-refractivity contribution in [3.05, 3.63) is 36.5 Å². The Morgan fingerprint density at radius 2 is 2.00 bits per heavy atom. The Hall–Kier alpha value is -0.900.